The Balaban J connectivity index is 4.01. The molecule has 1 nitrogen and oxygen atoms in total. The van der Waals surface area contributed by atoms with Gasteiger partial charge in [0, 0.05) is 6.04 Å². The molecule has 0 rings (SSSR count). The summed E-state index contributed by atoms with van der Waals surface area (Å²) in [6.07, 6.45) is 1.14. The van der Waals surface area contributed by atoms with Gasteiger partial charge < -0.3 is 5.73 Å². The van der Waals surface area contributed by atoms with Gasteiger partial charge in [-0.25, -0.2) is 0 Å². The van der Waals surface area contributed by atoms with Gasteiger partial charge in [-0.15, -0.1) is 0 Å². The third-order valence-electron chi connectivity index (χ3n) is 2.75. The molecule has 0 saturated carbocycles. The standard InChI is InChI=1S/C11H25N/c1-8(2)7-10(12)9(3)11(4,5)6/h8-10H,7,12H2,1-6H3. The topological polar surface area (TPSA) is 26.0 Å². The number of hydrogen-bond acceptors (Lipinski definition) is 1. The first-order valence-electron chi connectivity index (χ1n) is 5.00. The van der Waals surface area contributed by atoms with Crippen molar-refractivity contribution in [3.05, 3.63) is 0 Å². The molecule has 0 aliphatic carbocycles. The summed E-state index contributed by atoms with van der Waals surface area (Å²) in [5.41, 5.74) is 6.45. The van der Waals surface area contributed by atoms with Crippen molar-refractivity contribution >= 4 is 0 Å². The number of hydrogen-bond donors (Lipinski definition) is 1. The van der Waals surface area contributed by atoms with E-state index in [9.17, 15) is 0 Å². The maximum absolute atomic E-state index is 6.10. The van der Waals surface area contributed by atoms with E-state index in [1.807, 2.05) is 0 Å². The van der Waals surface area contributed by atoms with Crippen LogP contribution in [0.4, 0.5) is 0 Å². The van der Waals surface area contributed by atoms with Crippen LogP contribution in [-0.4, -0.2) is 6.04 Å². The van der Waals surface area contributed by atoms with Gasteiger partial charge in [0.2, 0.25) is 0 Å². The number of rotatable bonds is 3. The van der Waals surface area contributed by atoms with E-state index in [2.05, 4.69) is 41.5 Å². The van der Waals surface area contributed by atoms with E-state index < -0.39 is 0 Å². The molecule has 2 atom stereocenters. The average molecular weight is 171 g/mol. The Morgan fingerprint density at radius 1 is 1.08 bits per heavy atom. The van der Waals surface area contributed by atoms with E-state index in [-0.39, 0.29) is 0 Å². The van der Waals surface area contributed by atoms with Gasteiger partial charge in [-0.05, 0) is 23.7 Å². The highest BCUT2D eigenvalue weighted by Crippen LogP contribution is 2.29. The second kappa shape index (κ2) is 4.27. The minimum atomic E-state index is 0.342. The van der Waals surface area contributed by atoms with Gasteiger partial charge in [-0.3, -0.25) is 0 Å². The molecule has 12 heavy (non-hydrogen) atoms. The zero-order valence-electron chi connectivity index (χ0n) is 9.52. The summed E-state index contributed by atoms with van der Waals surface area (Å²) < 4.78 is 0. The van der Waals surface area contributed by atoms with Gasteiger partial charge in [0.05, 0.1) is 0 Å². The summed E-state index contributed by atoms with van der Waals surface area (Å²) in [7, 11) is 0. The van der Waals surface area contributed by atoms with Crippen LogP contribution in [-0.2, 0) is 0 Å². The Hall–Kier alpha value is -0.0400. The molecule has 0 aromatic carbocycles. The minimum Gasteiger partial charge on any atom is -0.327 e. The molecule has 2 unspecified atom stereocenters. The highest BCUT2D eigenvalue weighted by Gasteiger charge is 2.25. The van der Waals surface area contributed by atoms with Crippen LogP contribution in [0.2, 0.25) is 0 Å². The van der Waals surface area contributed by atoms with Crippen molar-refractivity contribution in [3.63, 3.8) is 0 Å². The first kappa shape index (κ1) is 12.0. The first-order valence-corrected chi connectivity index (χ1v) is 5.00. The lowest BCUT2D eigenvalue weighted by Crippen LogP contribution is -2.37. The van der Waals surface area contributed by atoms with Crippen LogP contribution in [0.3, 0.4) is 0 Å². The molecule has 1 heteroatoms. The van der Waals surface area contributed by atoms with E-state index >= 15 is 0 Å². The molecule has 0 heterocycles. The van der Waals surface area contributed by atoms with Gasteiger partial charge in [0.15, 0.2) is 0 Å². The highest BCUT2D eigenvalue weighted by atomic mass is 14.7. The Labute approximate surface area is 77.7 Å². The van der Waals surface area contributed by atoms with E-state index in [0.29, 0.717) is 23.3 Å². The van der Waals surface area contributed by atoms with Crippen LogP contribution in [0.5, 0.6) is 0 Å². The van der Waals surface area contributed by atoms with Gasteiger partial charge >= 0.3 is 0 Å². The zero-order chi connectivity index (χ0) is 9.94. The lowest BCUT2D eigenvalue weighted by Gasteiger charge is -2.33. The quantitative estimate of drug-likeness (QED) is 0.694. The Morgan fingerprint density at radius 3 is 1.75 bits per heavy atom. The molecule has 74 valence electrons. The largest absolute Gasteiger partial charge is 0.327 e. The fourth-order valence-corrected chi connectivity index (χ4v) is 1.39. The predicted octanol–water partition coefficient (Wildman–Crippen LogP) is 3.04. The summed E-state index contributed by atoms with van der Waals surface area (Å²) in [4.78, 5) is 0. The third-order valence-corrected chi connectivity index (χ3v) is 2.75. The molecule has 0 aromatic heterocycles. The lowest BCUT2D eigenvalue weighted by molar-refractivity contribution is 0.205. The van der Waals surface area contributed by atoms with Crippen LogP contribution in [0.25, 0.3) is 0 Å². The van der Waals surface area contributed by atoms with Crippen molar-refractivity contribution in [3.8, 4) is 0 Å². The van der Waals surface area contributed by atoms with E-state index in [0.717, 1.165) is 6.42 Å². The Kier molecular flexibility index (Phi) is 4.25. The van der Waals surface area contributed by atoms with Crippen molar-refractivity contribution in [1.29, 1.82) is 0 Å². The monoisotopic (exact) mass is 171 g/mol. The first-order chi connectivity index (χ1) is 5.25. The van der Waals surface area contributed by atoms with Crippen LogP contribution < -0.4 is 5.73 Å². The Bertz CT molecular complexity index is 121. The van der Waals surface area contributed by atoms with Crippen LogP contribution >= 0.6 is 0 Å². The van der Waals surface area contributed by atoms with Crippen molar-refractivity contribution in [2.75, 3.05) is 0 Å². The fraction of sp³-hybridized carbons (Fsp3) is 1.00. The van der Waals surface area contributed by atoms with Crippen LogP contribution in [0.1, 0.15) is 48.0 Å². The molecule has 0 saturated heterocycles. The summed E-state index contributed by atoms with van der Waals surface area (Å²) in [5.74, 6) is 1.31. The summed E-state index contributed by atoms with van der Waals surface area (Å²) in [6, 6.07) is 0.352. The normalized spacial score (nSPS) is 18.0. The zero-order valence-corrected chi connectivity index (χ0v) is 9.52. The molecule has 0 spiro atoms. The number of nitrogens with two attached hydrogens (primary N) is 1. The molecule has 0 aliphatic heterocycles. The molecule has 0 bridgehead atoms. The SMILES string of the molecule is CC(C)CC(N)C(C)C(C)(C)C. The van der Waals surface area contributed by atoms with E-state index in [4.69, 9.17) is 5.73 Å². The van der Waals surface area contributed by atoms with Crippen LogP contribution in [0, 0.1) is 17.3 Å². The van der Waals surface area contributed by atoms with Gasteiger partial charge in [0.25, 0.3) is 0 Å². The predicted molar refractivity (Wildman–Crippen MR) is 56.0 cm³/mol. The highest BCUT2D eigenvalue weighted by molar-refractivity contribution is 4.80. The van der Waals surface area contributed by atoms with Crippen molar-refractivity contribution in [1.82, 2.24) is 0 Å². The van der Waals surface area contributed by atoms with E-state index in [1.165, 1.54) is 0 Å². The molecule has 0 aromatic rings. The van der Waals surface area contributed by atoms with Gasteiger partial charge in [0.1, 0.15) is 0 Å². The molecule has 0 amide bonds. The van der Waals surface area contributed by atoms with Crippen molar-refractivity contribution < 1.29 is 0 Å². The molecule has 2 N–H and O–H groups in total. The smallest absolute Gasteiger partial charge is 0.00719 e. The summed E-state index contributed by atoms with van der Waals surface area (Å²) in [6.45, 7) is 13.5. The molecular weight excluding hydrogens is 146 g/mol. The molecular formula is C11H25N. The van der Waals surface area contributed by atoms with Gasteiger partial charge in [-0.2, -0.15) is 0 Å². The second-order valence-electron chi connectivity index (χ2n) is 5.45. The lowest BCUT2D eigenvalue weighted by atomic mass is 9.76. The fourth-order valence-electron chi connectivity index (χ4n) is 1.39. The molecule has 0 radical (unpaired) electrons. The Morgan fingerprint density at radius 2 is 1.50 bits per heavy atom. The maximum Gasteiger partial charge on any atom is 0.00719 e. The molecule has 0 aliphatic rings. The minimum absolute atomic E-state index is 0.342. The molecule has 0 fully saturated rings. The van der Waals surface area contributed by atoms with Crippen molar-refractivity contribution in [2.24, 2.45) is 23.0 Å². The summed E-state index contributed by atoms with van der Waals surface area (Å²) >= 11 is 0. The van der Waals surface area contributed by atoms with Crippen LogP contribution in [0.15, 0.2) is 0 Å². The third kappa shape index (κ3) is 4.10. The maximum atomic E-state index is 6.10. The van der Waals surface area contributed by atoms with Gasteiger partial charge in [-0.1, -0.05) is 41.5 Å². The van der Waals surface area contributed by atoms with E-state index in [1.54, 1.807) is 0 Å². The van der Waals surface area contributed by atoms with Crippen molar-refractivity contribution in [2.45, 2.75) is 54.0 Å². The average Bonchev–Trinajstić information content (AvgIpc) is 1.82. The summed E-state index contributed by atoms with van der Waals surface area (Å²) in [5, 5.41) is 0. The second-order valence-corrected chi connectivity index (χ2v) is 5.45.